The number of halogens is 1. The Balaban J connectivity index is 2.33. The van der Waals surface area contributed by atoms with Crippen molar-refractivity contribution in [1.82, 2.24) is 4.98 Å². The summed E-state index contributed by atoms with van der Waals surface area (Å²) in [5.74, 6) is 0.453. The number of benzene rings is 1. The predicted molar refractivity (Wildman–Crippen MR) is 76.6 cm³/mol. The zero-order chi connectivity index (χ0) is 14.0. The molecule has 0 aliphatic heterocycles. The molecule has 1 aromatic carbocycles. The summed E-state index contributed by atoms with van der Waals surface area (Å²) in [6.45, 7) is 3.87. The molecule has 0 aliphatic rings. The van der Waals surface area contributed by atoms with Crippen molar-refractivity contribution < 1.29 is 4.39 Å². The van der Waals surface area contributed by atoms with Gasteiger partial charge in [0.05, 0.1) is 11.7 Å². The molecule has 1 heterocycles. The predicted octanol–water partition coefficient (Wildman–Crippen LogP) is 3.31. The SMILES string of the molecule is Cc1cnc(N(C)C(C)c2ccccc2F)c(N)c1. The van der Waals surface area contributed by atoms with Crippen LogP contribution in [0.15, 0.2) is 36.5 Å². The molecule has 0 spiro atoms. The first-order valence-corrected chi connectivity index (χ1v) is 6.20. The smallest absolute Gasteiger partial charge is 0.152 e. The van der Waals surface area contributed by atoms with E-state index in [-0.39, 0.29) is 11.9 Å². The number of nitrogens with two attached hydrogens (primary N) is 1. The normalized spacial score (nSPS) is 12.2. The second-order valence-corrected chi connectivity index (χ2v) is 4.73. The minimum Gasteiger partial charge on any atom is -0.396 e. The zero-order valence-electron chi connectivity index (χ0n) is 11.4. The van der Waals surface area contributed by atoms with Gasteiger partial charge >= 0.3 is 0 Å². The van der Waals surface area contributed by atoms with Crippen molar-refractivity contribution in [3.63, 3.8) is 0 Å². The van der Waals surface area contributed by atoms with Crippen LogP contribution in [-0.4, -0.2) is 12.0 Å². The quantitative estimate of drug-likeness (QED) is 0.919. The average Bonchev–Trinajstić information content (AvgIpc) is 2.38. The molecule has 0 saturated carbocycles. The summed E-state index contributed by atoms with van der Waals surface area (Å²) in [6.07, 6.45) is 1.76. The molecule has 2 aromatic rings. The van der Waals surface area contributed by atoms with E-state index in [4.69, 9.17) is 5.73 Å². The van der Waals surface area contributed by atoms with Crippen LogP contribution in [-0.2, 0) is 0 Å². The van der Waals surface area contributed by atoms with Gasteiger partial charge in [-0.25, -0.2) is 9.37 Å². The van der Waals surface area contributed by atoms with E-state index in [9.17, 15) is 4.39 Å². The van der Waals surface area contributed by atoms with Crippen LogP contribution in [0.25, 0.3) is 0 Å². The maximum atomic E-state index is 13.8. The molecule has 1 aromatic heterocycles. The van der Waals surface area contributed by atoms with Gasteiger partial charge in [0.1, 0.15) is 5.82 Å². The zero-order valence-corrected chi connectivity index (χ0v) is 11.4. The van der Waals surface area contributed by atoms with Crippen LogP contribution in [0.1, 0.15) is 24.1 Å². The number of aryl methyl sites for hydroxylation is 1. The number of pyridine rings is 1. The highest BCUT2D eigenvalue weighted by molar-refractivity contribution is 5.63. The van der Waals surface area contributed by atoms with Crippen molar-refractivity contribution >= 4 is 11.5 Å². The van der Waals surface area contributed by atoms with Gasteiger partial charge in [0, 0.05) is 18.8 Å². The fraction of sp³-hybridized carbons (Fsp3) is 0.267. The van der Waals surface area contributed by atoms with Gasteiger partial charge < -0.3 is 10.6 Å². The first-order chi connectivity index (χ1) is 9.00. The third-order valence-electron chi connectivity index (χ3n) is 3.30. The number of nitrogen functional groups attached to an aromatic ring is 1. The fourth-order valence-corrected chi connectivity index (χ4v) is 2.09. The lowest BCUT2D eigenvalue weighted by Crippen LogP contribution is -2.24. The van der Waals surface area contributed by atoms with Crippen molar-refractivity contribution in [2.75, 3.05) is 17.7 Å². The van der Waals surface area contributed by atoms with E-state index < -0.39 is 0 Å². The molecule has 0 bridgehead atoms. The fourth-order valence-electron chi connectivity index (χ4n) is 2.09. The highest BCUT2D eigenvalue weighted by Crippen LogP contribution is 2.29. The van der Waals surface area contributed by atoms with Crippen molar-refractivity contribution in [1.29, 1.82) is 0 Å². The molecule has 0 amide bonds. The van der Waals surface area contributed by atoms with Crippen LogP contribution in [0, 0.1) is 12.7 Å². The Bertz CT molecular complexity index is 583. The highest BCUT2D eigenvalue weighted by Gasteiger charge is 2.18. The maximum absolute atomic E-state index is 13.8. The monoisotopic (exact) mass is 259 g/mol. The van der Waals surface area contributed by atoms with Gasteiger partial charge in [0.2, 0.25) is 0 Å². The van der Waals surface area contributed by atoms with E-state index in [0.29, 0.717) is 17.1 Å². The van der Waals surface area contributed by atoms with Crippen LogP contribution in [0.5, 0.6) is 0 Å². The van der Waals surface area contributed by atoms with Crippen LogP contribution in [0.2, 0.25) is 0 Å². The van der Waals surface area contributed by atoms with Crippen molar-refractivity contribution in [2.24, 2.45) is 0 Å². The molecule has 100 valence electrons. The number of hydrogen-bond acceptors (Lipinski definition) is 3. The topological polar surface area (TPSA) is 42.2 Å². The van der Waals surface area contributed by atoms with Gasteiger partial charge in [0.25, 0.3) is 0 Å². The molecule has 3 nitrogen and oxygen atoms in total. The standard InChI is InChI=1S/C15H18FN3/c1-10-8-14(17)15(18-9-10)19(3)11(2)12-6-4-5-7-13(12)16/h4-9,11H,17H2,1-3H3. The lowest BCUT2D eigenvalue weighted by Gasteiger charge is -2.27. The first-order valence-electron chi connectivity index (χ1n) is 6.20. The van der Waals surface area contributed by atoms with Crippen LogP contribution in [0.3, 0.4) is 0 Å². The third-order valence-corrected chi connectivity index (χ3v) is 3.30. The molecule has 0 saturated heterocycles. The molecule has 19 heavy (non-hydrogen) atoms. The molecular weight excluding hydrogens is 241 g/mol. The van der Waals surface area contributed by atoms with Gasteiger partial charge in [-0.15, -0.1) is 0 Å². The van der Waals surface area contributed by atoms with Gasteiger partial charge in [0.15, 0.2) is 5.82 Å². The Kier molecular flexibility index (Phi) is 3.69. The summed E-state index contributed by atoms with van der Waals surface area (Å²) in [6, 6.07) is 8.48. The molecule has 1 unspecified atom stereocenters. The molecule has 2 N–H and O–H groups in total. The first kappa shape index (κ1) is 13.3. The minimum absolute atomic E-state index is 0.140. The molecule has 1 atom stereocenters. The van der Waals surface area contributed by atoms with Crippen LogP contribution < -0.4 is 10.6 Å². The van der Waals surface area contributed by atoms with E-state index in [2.05, 4.69) is 4.98 Å². The number of hydrogen-bond donors (Lipinski definition) is 1. The van der Waals surface area contributed by atoms with E-state index in [1.165, 1.54) is 6.07 Å². The van der Waals surface area contributed by atoms with E-state index in [0.717, 1.165) is 5.56 Å². The Morgan fingerprint density at radius 1 is 1.32 bits per heavy atom. The lowest BCUT2D eigenvalue weighted by molar-refractivity contribution is 0.584. The highest BCUT2D eigenvalue weighted by atomic mass is 19.1. The number of anilines is 2. The lowest BCUT2D eigenvalue weighted by atomic mass is 10.1. The second-order valence-electron chi connectivity index (χ2n) is 4.73. The third kappa shape index (κ3) is 2.67. The Morgan fingerprint density at radius 3 is 2.63 bits per heavy atom. The molecule has 0 fully saturated rings. The molecule has 4 heteroatoms. The van der Waals surface area contributed by atoms with Crippen LogP contribution in [0.4, 0.5) is 15.9 Å². The van der Waals surface area contributed by atoms with E-state index in [1.807, 2.05) is 37.9 Å². The average molecular weight is 259 g/mol. The summed E-state index contributed by atoms with van der Waals surface area (Å²) >= 11 is 0. The Morgan fingerprint density at radius 2 is 2.00 bits per heavy atom. The molecule has 0 radical (unpaired) electrons. The summed E-state index contributed by atoms with van der Waals surface area (Å²) in [5.41, 5.74) is 8.22. The van der Waals surface area contributed by atoms with Gasteiger partial charge in [-0.3, -0.25) is 0 Å². The van der Waals surface area contributed by atoms with E-state index in [1.54, 1.807) is 18.3 Å². The van der Waals surface area contributed by atoms with Crippen LogP contribution >= 0.6 is 0 Å². The van der Waals surface area contributed by atoms with Gasteiger partial charge in [-0.05, 0) is 31.5 Å². The van der Waals surface area contributed by atoms with Crippen molar-refractivity contribution in [3.8, 4) is 0 Å². The molecule has 0 aliphatic carbocycles. The largest absolute Gasteiger partial charge is 0.396 e. The number of aromatic nitrogens is 1. The summed E-state index contributed by atoms with van der Waals surface area (Å²) in [5, 5.41) is 0. The molecule has 2 rings (SSSR count). The van der Waals surface area contributed by atoms with Crippen molar-refractivity contribution in [3.05, 3.63) is 53.5 Å². The van der Waals surface area contributed by atoms with Gasteiger partial charge in [-0.2, -0.15) is 0 Å². The van der Waals surface area contributed by atoms with Gasteiger partial charge in [-0.1, -0.05) is 18.2 Å². The summed E-state index contributed by atoms with van der Waals surface area (Å²) < 4.78 is 13.8. The number of rotatable bonds is 3. The number of nitrogens with zero attached hydrogens (tertiary/aromatic N) is 2. The molecular formula is C15H18FN3. The second kappa shape index (κ2) is 5.26. The maximum Gasteiger partial charge on any atom is 0.152 e. The Labute approximate surface area is 112 Å². The summed E-state index contributed by atoms with van der Waals surface area (Å²) in [4.78, 5) is 6.21. The van der Waals surface area contributed by atoms with Crippen molar-refractivity contribution in [2.45, 2.75) is 19.9 Å². The Hall–Kier alpha value is -2.10. The minimum atomic E-state index is -0.215. The van der Waals surface area contributed by atoms with E-state index >= 15 is 0 Å². The summed E-state index contributed by atoms with van der Waals surface area (Å²) in [7, 11) is 1.87.